The summed E-state index contributed by atoms with van der Waals surface area (Å²) in [7, 11) is 3.86. The van der Waals surface area contributed by atoms with Gasteiger partial charge in [-0.3, -0.25) is 4.79 Å². The lowest BCUT2D eigenvalue weighted by atomic mass is 9.94. The van der Waals surface area contributed by atoms with Crippen molar-refractivity contribution < 1.29 is 14.3 Å². The Hall–Kier alpha value is -1.75. The van der Waals surface area contributed by atoms with Gasteiger partial charge < -0.3 is 19.3 Å². The Bertz CT molecular complexity index is 648. The van der Waals surface area contributed by atoms with Crippen molar-refractivity contribution in [2.45, 2.75) is 44.2 Å². The monoisotopic (exact) mass is 344 g/mol. The molecule has 5 nitrogen and oxygen atoms in total. The summed E-state index contributed by atoms with van der Waals surface area (Å²) >= 11 is 0. The Labute approximate surface area is 149 Å². The van der Waals surface area contributed by atoms with Gasteiger partial charge in [0.25, 0.3) is 0 Å². The van der Waals surface area contributed by atoms with E-state index >= 15 is 0 Å². The fourth-order valence-corrected chi connectivity index (χ4v) is 4.76. The molecule has 1 amide bonds. The molecule has 3 aliphatic heterocycles. The summed E-state index contributed by atoms with van der Waals surface area (Å²) in [4.78, 5) is 17.8. The summed E-state index contributed by atoms with van der Waals surface area (Å²) in [6.07, 6.45) is 5.50. The second kappa shape index (κ2) is 6.87. The lowest BCUT2D eigenvalue weighted by Gasteiger charge is -2.36. The number of hydrogen-bond acceptors (Lipinski definition) is 4. The van der Waals surface area contributed by atoms with Gasteiger partial charge in [0, 0.05) is 24.7 Å². The van der Waals surface area contributed by atoms with Gasteiger partial charge >= 0.3 is 0 Å². The predicted octanol–water partition coefficient (Wildman–Crippen LogP) is 2.33. The standard InChI is InChI=1S/C20H28N2O3/c1-21-9-3-5-17(21)18-6-4-10-22(18)20(23)15-11-14-7-8-16(24-2)12-19(14)25-13-15/h7-8,12,15,17-18H,3-6,9-11,13H2,1-2H3/t15-,17+,18-/m1/s1. The van der Waals surface area contributed by atoms with E-state index in [1.807, 2.05) is 18.2 Å². The van der Waals surface area contributed by atoms with Crippen LogP contribution in [0.5, 0.6) is 11.5 Å². The van der Waals surface area contributed by atoms with Crippen molar-refractivity contribution in [2.75, 3.05) is 33.9 Å². The normalized spacial score (nSPS) is 29.4. The summed E-state index contributed by atoms with van der Waals surface area (Å²) in [5.74, 6) is 1.88. The van der Waals surface area contributed by atoms with Crippen molar-refractivity contribution in [3.05, 3.63) is 23.8 Å². The zero-order chi connectivity index (χ0) is 17.4. The fraction of sp³-hybridized carbons (Fsp3) is 0.650. The number of hydrogen-bond donors (Lipinski definition) is 0. The zero-order valence-electron chi connectivity index (χ0n) is 15.2. The van der Waals surface area contributed by atoms with Gasteiger partial charge in [-0.2, -0.15) is 0 Å². The number of fused-ring (bicyclic) bond motifs is 1. The minimum Gasteiger partial charge on any atom is -0.497 e. The van der Waals surface area contributed by atoms with Crippen LogP contribution in [0.25, 0.3) is 0 Å². The average molecular weight is 344 g/mol. The van der Waals surface area contributed by atoms with Crippen LogP contribution in [0, 0.1) is 5.92 Å². The van der Waals surface area contributed by atoms with Crippen LogP contribution >= 0.6 is 0 Å². The molecule has 3 heterocycles. The summed E-state index contributed by atoms with van der Waals surface area (Å²) in [5.41, 5.74) is 1.11. The van der Waals surface area contributed by atoms with Gasteiger partial charge in [-0.1, -0.05) is 6.07 Å². The number of nitrogens with zero attached hydrogens (tertiary/aromatic N) is 2. The first-order valence-electron chi connectivity index (χ1n) is 9.48. The molecule has 0 N–H and O–H groups in total. The zero-order valence-corrected chi connectivity index (χ0v) is 15.2. The molecule has 0 unspecified atom stereocenters. The highest BCUT2D eigenvalue weighted by molar-refractivity contribution is 5.80. The highest BCUT2D eigenvalue weighted by atomic mass is 16.5. The molecule has 0 bridgehead atoms. The van der Waals surface area contributed by atoms with Crippen LogP contribution in [0.4, 0.5) is 0 Å². The smallest absolute Gasteiger partial charge is 0.229 e. The van der Waals surface area contributed by atoms with Crippen LogP contribution in [-0.4, -0.2) is 61.6 Å². The molecule has 1 aromatic rings. The van der Waals surface area contributed by atoms with Gasteiger partial charge in [0.2, 0.25) is 5.91 Å². The minimum atomic E-state index is -0.0618. The number of carbonyl (C=O) groups excluding carboxylic acids is 1. The van der Waals surface area contributed by atoms with Crippen molar-refractivity contribution in [1.82, 2.24) is 9.80 Å². The average Bonchev–Trinajstić information content (AvgIpc) is 3.28. The summed E-state index contributed by atoms with van der Waals surface area (Å²) in [6, 6.07) is 6.81. The number of benzene rings is 1. The van der Waals surface area contributed by atoms with Crippen molar-refractivity contribution >= 4 is 5.91 Å². The summed E-state index contributed by atoms with van der Waals surface area (Å²) < 4.78 is 11.2. The lowest BCUT2D eigenvalue weighted by Crippen LogP contribution is -2.50. The van der Waals surface area contributed by atoms with Gasteiger partial charge in [-0.15, -0.1) is 0 Å². The van der Waals surface area contributed by atoms with Crippen LogP contribution in [0.3, 0.4) is 0 Å². The van der Waals surface area contributed by atoms with E-state index in [9.17, 15) is 4.79 Å². The molecule has 1 aromatic carbocycles. The van der Waals surface area contributed by atoms with E-state index in [-0.39, 0.29) is 11.8 Å². The second-order valence-corrected chi connectivity index (χ2v) is 7.62. The Kier molecular flexibility index (Phi) is 4.59. The molecular formula is C20H28N2O3. The quantitative estimate of drug-likeness (QED) is 0.844. The number of likely N-dealkylation sites (tertiary alicyclic amines) is 2. The first-order chi connectivity index (χ1) is 12.2. The van der Waals surface area contributed by atoms with E-state index in [2.05, 4.69) is 16.8 Å². The third-order valence-corrected chi connectivity index (χ3v) is 6.13. The number of amides is 1. The molecule has 0 radical (unpaired) electrons. The van der Waals surface area contributed by atoms with Crippen molar-refractivity contribution in [3.63, 3.8) is 0 Å². The van der Waals surface area contributed by atoms with Gasteiger partial charge in [0.15, 0.2) is 0 Å². The number of rotatable bonds is 3. The van der Waals surface area contributed by atoms with Crippen molar-refractivity contribution in [2.24, 2.45) is 5.92 Å². The molecule has 136 valence electrons. The van der Waals surface area contributed by atoms with Crippen LogP contribution < -0.4 is 9.47 Å². The molecule has 3 atom stereocenters. The summed E-state index contributed by atoms with van der Waals surface area (Å²) in [5, 5.41) is 0. The molecule has 25 heavy (non-hydrogen) atoms. The first-order valence-corrected chi connectivity index (χ1v) is 9.48. The molecule has 3 aliphatic rings. The molecule has 0 spiro atoms. The molecular weight excluding hydrogens is 316 g/mol. The first kappa shape index (κ1) is 16.7. The third-order valence-electron chi connectivity index (χ3n) is 6.13. The number of ether oxygens (including phenoxy) is 2. The van der Waals surface area contributed by atoms with E-state index in [1.54, 1.807) is 7.11 Å². The fourth-order valence-electron chi connectivity index (χ4n) is 4.76. The number of likely N-dealkylation sites (N-methyl/N-ethyl adjacent to an activating group) is 1. The molecule has 4 rings (SSSR count). The Morgan fingerprint density at radius 3 is 2.76 bits per heavy atom. The lowest BCUT2D eigenvalue weighted by molar-refractivity contribution is -0.138. The van der Waals surface area contributed by atoms with E-state index in [4.69, 9.17) is 9.47 Å². The second-order valence-electron chi connectivity index (χ2n) is 7.62. The van der Waals surface area contributed by atoms with E-state index < -0.39 is 0 Å². The Morgan fingerprint density at radius 2 is 2.00 bits per heavy atom. The molecule has 0 saturated carbocycles. The Balaban J connectivity index is 1.47. The highest BCUT2D eigenvalue weighted by Crippen LogP contribution is 2.34. The minimum absolute atomic E-state index is 0.0618. The van der Waals surface area contributed by atoms with Crippen LogP contribution in [0.1, 0.15) is 31.2 Å². The van der Waals surface area contributed by atoms with Gasteiger partial charge in [0.05, 0.1) is 13.0 Å². The largest absolute Gasteiger partial charge is 0.497 e. The molecule has 5 heteroatoms. The maximum Gasteiger partial charge on any atom is 0.229 e. The van der Waals surface area contributed by atoms with Gasteiger partial charge in [-0.25, -0.2) is 0 Å². The summed E-state index contributed by atoms with van der Waals surface area (Å²) in [6.45, 7) is 2.54. The SMILES string of the molecule is COc1ccc2c(c1)OC[C@H](C(=O)N1CCC[C@@H]1[C@@H]1CCCN1C)C2. The maximum absolute atomic E-state index is 13.2. The molecule has 2 fully saturated rings. The Morgan fingerprint density at radius 1 is 1.20 bits per heavy atom. The van der Waals surface area contributed by atoms with Crippen LogP contribution in [0.2, 0.25) is 0 Å². The maximum atomic E-state index is 13.2. The van der Waals surface area contributed by atoms with Crippen molar-refractivity contribution in [3.8, 4) is 11.5 Å². The van der Waals surface area contributed by atoms with E-state index in [0.717, 1.165) is 49.4 Å². The number of methoxy groups -OCH3 is 1. The van der Waals surface area contributed by atoms with Crippen LogP contribution in [0.15, 0.2) is 18.2 Å². The topological polar surface area (TPSA) is 42.0 Å². The molecule has 0 aliphatic carbocycles. The predicted molar refractivity (Wildman–Crippen MR) is 96.1 cm³/mol. The third kappa shape index (κ3) is 3.10. The van der Waals surface area contributed by atoms with Crippen LogP contribution in [-0.2, 0) is 11.2 Å². The van der Waals surface area contributed by atoms with E-state index in [1.165, 1.54) is 12.8 Å². The van der Waals surface area contributed by atoms with E-state index in [0.29, 0.717) is 18.7 Å². The van der Waals surface area contributed by atoms with Gasteiger partial charge in [0.1, 0.15) is 18.1 Å². The highest BCUT2D eigenvalue weighted by Gasteiger charge is 2.41. The van der Waals surface area contributed by atoms with Crippen molar-refractivity contribution in [1.29, 1.82) is 0 Å². The number of carbonyl (C=O) groups is 1. The molecule has 2 saturated heterocycles. The molecule has 0 aromatic heterocycles. The van der Waals surface area contributed by atoms with Gasteiger partial charge in [-0.05, 0) is 57.3 Å².